The van der Waals surface area contributed by atoms with Gasteiger partial charge in [0.15, 0.2) is 6.29 Å². The summed E-state index contributed by atoms with van der Waals surface area (Å²) in [5, 5.41) is 9.47. The topological polar surface area (TPSA) is 85.3 Å². The Bertz CT molecular complexity index is 1540. The first-order chi connectivity index (χ1) is 20.5. The second-order valence-electron chi connectivity index (χ2n) is 10.3. The molecule has 4 aromatic rings. The van der Waals surface area contributed by atoms with Gasteiger partial charge in [0.25, 0.3) is 11.8 Å². The Balaban J connectivity index is 1.19. The Morgan fingerprint density at radius 1 is 0.810 bits per heavy atom. The third kappa shape index (κ3) is 5.84. The molecule has 42 heavy (non-hydrogen) atoms. The van der Waals surface area contributed by atoms with E-state index in [-0.39, 0.29) is 37.2 Å². The van der Waals surface area contributed by atoms with Gasteiger partial charge >= 0.3 is 0 Å². The number of aliphatic hydroxyl groups is 1. The van der Waals surface area contributed by atoms with Gasteiger partial charge < -0.3 is 19.3 Å². The third-order valence-corrected chi connectivity index (χ3v) is 8.77. The molecule has 2 aliphatic heterocycles. The minimum Gasteiger partial charge on any atom is -0.496 e. The average Bonchev–Trinajstić information content (AvgIpc) is 3.29. The quantitative estimate of drug-likeness (QED) is 0.183. The van der Waals surface area contributed by atoms with Crippen LogP contribution < -0.4 is 4.74 Å². The lowest BCUT2D eigenvalue weighted by molar-refractivity contribution is -0.245. The lowest BCUT2D eigenvalue weighted by atomic mass is 10.0. The van der Waals surface area contributed by atoms with Crippen LogP contribution in [-0.2, 0) is 22.6 Å². The lowest BCUT2D eigenvalue weighted by Crippen LogP contribution is -2.31. The van der Waals surface area contributed by atoms with Gasteiger partial charge in [-0.05, 0) is 41.0 Å². The van der Waals surface area contributed by atoms with Crippen LogP contribution in [0.5, 0.6) is 5.75 Å². The summed E-state index contributed by atoms with van der Waals surface area (Å²) in [6, 6.07) is 30.3. The summed E-state index contributed by atoms with van der Waals surface area (Å²) in [7, 11) is 1.67. The first-order valence-corrected chi connectivity index (χ1v) is 14.8. The van der Waals surface area contributed by atoms with Crippen LogP contribution in [0, 0.1) is 0 Å². The van der Waals surface area contributed by atoms with Crippen molar-refractivity contribution in [3.8, 4) is 5.75 Å². The van der Waals surface area contributed by atoms with Crippen LogP contribution in [0.1, 0.15) is 61.8 Å². The number of imide groups is 1. The van der Waals surface area contributed by atoms with E-state index in [0.29, 0.717) is 23.3 Å². The SMILES string of the molecule is COc1ccccc1SC[C@H]1C[C@@H](c2ccc(CO)cc2)O[C@@H](c2ccc(CN3C(=O)c4ccccc4C3=O)cc2)O1. The molecule has 2 heterocycles. The molecule has 1 N–H and O–H groups in total. The number of rotatable bonds is 9. The van der Waals surface area contributed by atoms with Gasteiger partial charge in [-0.3, -0.25) is 14.5 Å². The monoisotopic (exact) mass is 581 g/mol. The zero-order chi connectivity index (χ0) is 29.1. The molecule has 1 fully saturated rings. The highest BCUT2D eigenvalue weighted by Gasteiger charge is 2.35. The number of carbonyl (C=O) groups is 2. The van der Waals surface area contributed by atoms with Crippen molar-refractivity contribution in [2.45, 2.75) is 43.0 Å². The molecule has 2 amide bonds. The maximum atomic E-state index is 12.8. The van der Waals surface area contributed by atoms with Crippen molar-refractivity contribution in [3.05, 3.63) is 130 Å². The number of hydrogen-bond donors (Lipinski definition) is 1. The molecule has 2 aliphatic rings. The highest BCUT2D eigenvalue weighted by molar-refractivity contribution is 7.99. The van der Waals surface area contributed by atoms with Gasteiger partial charge in [0.05, 0.1) is 43.6 Å². The number of carbonyl (C=O) groups excluding carboxylic acids is 2. The van der Waals surface area contributed by atoms with Crippen molar-refractivity contribution in [2.75, 3.05) is 12.9 Å². The number of aliphatic hydroxyl groups excluding tert-OH is 1. The Kier molecular flexibility index (Phi) is 8.39. The summed E-state index contributed by atoms with van der Waals surface area (Å²) in [6.07, 6.45) is -0.218. The van der Waals surface area contributed by atoms with Gasteiger partial charge in [0, 0.05) is 22.6 Å². The van der Waals surface area contributed by atoms with Crippen molar-refractivity contribution in [1.29, 1.82) is 0 Å². The standard InChI is InChI=1S/C34H31NO6S/c1-39-29-8-4-5-9-31(29)42-21-26-18-30(24-14-12-23(20-36)13-15-24)41-34(40-26)25-16-10-22(11-17-25)19-35-32(37)27-6-2-3-7-28(27)33(35)38/h2-17,26,30,34,36H,18-21H2,1H3/t26-,30+,34+/m1/s1. The number of methoxy groups -OCH3 is 1. The molecule has 0 bridgehead atoms. The zero-order valence-corrected chi connectivity index (χ0v) is 24.0. The van der Waals surface area contributed by atoms with E-state index in [1.54, 1.807) is 43.1 Å². The fraction of sp³-hybridized carbons (Fsp3) is 0.235. The van der Waals surface area contributed by atoms with Crippen molar-refractivity contribution >= 4 is 23.6 Å². The number of hydrogen-bond acceptors (Lipinski definition) is 7. The summed E-state index contributed by atoms with van der Waals surface area (Å²) in [5.74, 6) is 0.993. The van der Waals surface area contributed by atoms with Crippen molar-refractivity contribution < 1.29 is 28.9 Å². The number of fused-ring (bicyclic) bond motifs is 1. The number of ether oxygens (including phenoxy) is 3. The molecular weight excluding hydrogens is 550 g/mol. The van der Waals surface area contributed by atoms with E-state index in [0.717, 1.165) is 32.9 Å². The van der Waals surface area contributed by atoms with E-state index in [4.69, 9.17) is 14.2 Å². The predicted octanol–water partition coefficient (Wildman–Crippen LogP) is 6.32. The van der Waals surface area contributed by atoms with Crippen LogP contribution in [0.25, 0.3) is 0 Å². The maximum absolute atomic E-state index is 12.8. The van der Waals surface area contributed by atoms with Crippen molar-refractivity contribution in [2.24, 2.45) is 0 Å². The molecule has 0 saturated carbocycles. The van der Waals surface area contributed by atoms with Crippen molar-refractivity contribution in [3.63, 3.8) is 0 Å². The average molecular weight is 582 g/mol. The Hall–Kier alpha value is -3.95. The molecule has 6 rings (SSSR count). The van der Waals surface area contributed by atoms with Gasteiger partial charge in [-0.2, -0.15) is 0 Å². The van der Waals surface area contributed by atoms with Gasteiger partial charge in [-0.1, -0.05) is 72.8 Å². The summed E-state index contributed by atoms with van der Waals surface area (Å²) >= 11 is 1.69. The summed E-state index contributed by atoms with van der Waals surface area (Å²) in [4.78, 5) is 28.0. The predicted molar refractivity (Wildman–Crippen MR) is 159 cm³/mol. The maximum Gasteiger partial charge on any atom is 0.261 e. The fourth-order valence-electron chi connectivity index (χ4n) is 5.29. The number of thioether (sulfide) groups is 1. The summed E-state index contributed by atoms with van der Waals surface area (Å²) < 4.78 is 18.5. The van der Waals surface area contributed by atoms with E-state index < -0.39 is 6.29 Å². The summed E-state index contributed by atoms with van der Waals surface area (Å²) in [5.41, 5.74) is 4.44. The van der Waals surface area contributed by atoms with Gasteiger partial charge in [-0.25, -0.2) is 0 Å². The molecule has 0 radical (unpaired) electrons. The number of benzene rings is 4. The van der Waals surface area contributed by atoms with E-state index in [2.05, 4.69) is 0 Å². The fourth-order valence-corrected chi connectivity index (χ4v) is 6.34. The highest BCUT2D eigenvalue weighted by atomic mass is 32.2. The molecule has 7 nitrogen and oxygen atoms in total. The Labute approximate surface area is 249 Å². The van der Waals surface area contributed by atoms with Crippen LogP contribution in [0.3, 0.4) is 0 Å². The van der Waals surface area contributed by atoms with Gasteiger partial charge in [-0.15, -0.1) is 11.8 Å². The van der Waals surface area contributed by atoms with E-state index in [1.165, 1.54) is 4.90 Å². The van der Waals surface area contributed by atoms with Crippen LogP contribution in [0.15, 0.2) is 102 Å². The van der Waals surface area contributed by atoms with Crippen molar-refractivity contribution in [1.82, 2.24) is 4.90 Å². The zero-order valence-electron chi connectivity index (χ0n) is 23.1. The third-order valence-electron chi connectivity index (χ3n) is 7.58. The van der Waals surface area contributed by atoms with E-state index in [9.17, 15) is 14.7 Å². The minimum atomic E-state index is -0.599. The molecule has 3 atom stereocenters. The molecule has 4 aromatic carbocycles. The number of para-hydroxylation sites is 1. The molecule has 8 heteroatoms. The smallest absolute Gasteiger partial charge is 0.261 e. The van der Waals surface area contributed by atoms with E-state index in [1.807, 2.05) is 72.8 Å². The molecule has 1 saturated heterocycles. The Morgan fingerprint density at radius 2 is 1.43 bits per heavy atom. The highest BCUT2D eigenvalue weighted by Crippen LogP contribution is 2.40. The Morgan fingerprint density at radius 3 is 2.10 bits per heavy atom. The first-order valence-electron chi connectivity index (χ1n) is 13.8. The second kappa shape index (κ2) is 12.5. The van der Waals surface area contributed by atoms with Crippen LogP contribution in [0.2, 0.25) is 0 Å². The van der Waals surface area contributed by atoms with Crippen LogP contribution in [-0.4, -0.2) is 40.8 Å². The van der Waals surface area contributed by atoms with E-state index >= 15 is 0 Å². The minimum absolute atomic E-state index is 0.0111. The van der Waals surface area contributed by atoms with Crippen LogP contribution >= 0.6 is 11.8 Å². The summed E-state index contributed by atoms with van der Waals surface area (Å²) in [6.45, 7) is 0.180. The second-order valence-corrected chi connectivity index (χ2v) is 11.4. The first kappa shape index (κ1) is 28.2. The lowest BCUT2D eigenvalue weighted by Gasteiger charge is -2.36. The molecule has 0 spiro atoms. The molecular formula is C34H31NO6S. The molecule has 0 unspecified atom stereocenters. The van der Waals surface area contributed by atoms with Gasteiger partial charge in [0.1, 0.15) is 5.75 Å². The largest absolute Gasteiger partial charge is 0.496 e. The normalized spacial score (nSPS) is 20.0. The molecule has 0 aromatic heterocycles. The molecule has 214 valence electrons. The van der Waals surface area contributed by atoms with Crippen LogP contribution in [0.4, 0.5) is 0 Å². The number of amides is 2. The van der Waals surface area contributed by atoms with Gasteiger partial charge in [0.2, 0.25) is 0 Å². The molecule has 0 aliphatic carbocycles. The number of nitrogens with zero attached hydrogens (tertiary/aromatic N) is 1.